The minimum Gasteiger partial charge on any atom is -0.497 e. The van der Waals surface area contributed by atoms with Crippen molar-refractivity contribution < 1.29 is 14.3 Å². The van der Waals surface area contributed by atoms with Crippen LogP contribution in [0.3, 0.4) is 0 Å². The molecule has 0 aromatic heterocycles. The molecule has 0 atom stereocenters. The van der Waals surface area contributed by atoms with Crippen molar-refractivity contribution in [1.82, 2.24) is 5.32 Å². The monoisotopic (exact) mass is 354 g/mol. The first-order valence-electron chi connectivity index (χ1n) is 9.12. The Morgan fingerprint density at radius 1 is 1.00 bits per heavy atom. The standard InChI is InChI=1S/C21H26N2O3/c1-25-19-8-10-20(11-9-19)26-16-21(24)22-13-12-17-4-6-18(7-5-17)23-14-2-3-15-23/h4-11H,2-3,12-16H2,1H3,(H,22,24). The lowest BCUT2D eigenvalue weighted by molar-refractivity contribution is -0.123. The highest BCUT2D eigenvalue weighted by atomic mass is 16.5. The zero-order valence-electron chi connectivity index (χ0n) is 15.2. The van der Waals surface area contributed by atoms with Crippen LogP contribution < -0.4 is 19.7 Å². The van der Waals surface area contributed by atoms with Crippen molar-refractivity contribution in [2.24, 2.45) is 0 Å². The molecule has 5 nitrogen and oxygen atoms in total. The average Bonchev–Trinajstić information content (AvgIpc) is 3.22. The van der Waals surface area contributed by atoms with Crippen LogP contribution in [0.25, 0.3) is 0 Å². The SMILES string of the molecule is COc1ccc(OCC(=O)NCCc2ccc(N3CCCC3)cc2)cc1. The first-order valence-corrected chi connectivity index (χ1v) is 9.12. The number of rotatable bonds is 8. The van der Waals surface area contributed by atoms with Crippen LogP contribution in [-0.2, 0) is 11.2 Å². The van der Waals surface area contributed by atoms with Crippen LogP contribution in [0.5, 0.6) is 11.5 Å². The van der Waals surface area contributed by atoms with Crippen molar-refractivity contribution in [2.75, 3.05) is 38.3 Å². The molecule has 5 heteroatoms. The number of ether oxygens (including phenoxy) is 2. The Hall–Kier alpha value is -2.69. The third kappa shape index (κ3) is 5.15. The van der Waals surface area contributed by atoms with Gasteiger partial charge in [-0.05, 0) is 61.2 Å². The third-order valence-corrected chi connectivity index (χ3v) is 4.57. The Morgan fingerprint density at radius 2 is 1.65 bits per heavy atom. The zero-order chi connectivity index (χ0) is 18.2. The molecule has 138 valence electrons. The second kappa shape index (κ2) is 9.13. The lowest BCUT2D eigenvalue weighted by Crippen LogP contribution is -2.30. The summed E-state index contributed by atoms with van der Waals surface area (Å²) in [5.74, 6) is 1.30. The van der Waals surface area contributed by atoms with Crippen LogP contribution in [0.4, 0.5) is 5.69 Å². The smallest absolute Gasteiger partial charge is 0.257 e. The van der Waals surface area contributed by atoms with Gasteiger partial charge >= 0.3 is 0 Å². The van der Waals surface area contributed by atoms with Crippen LogP contribution >= 0.6 is 0 Å². The molecule has 2 aromatic carbocycles. The molecular formula is C21H26N2O3. The molecule has 0 bridgehead atoms. The molecule has 0 aliphatic carbocycles. The second-order valence-electron chi connectivity index (χ2n) is 6.42. The molecular weight excluding hydrogens is 328 g/mol. The molecule has 1 aliphatic heterocycles. The fourth-order valence-corrected chi connectivity index (χ4v) is 3.07. The molecule has 0 saturated carbocycles. The Kier molecular flexibility index (Phi) is 6.36. The average molecular weight is 354 g/mol. The summed E-state index contributed by atoms with van der Waals surface area (Å²) in [7, 11) is 1.61. The molecule has 0 radical (unpaired) electrons. The topological polar surface area (TPSA) is 50.8 Å². The lowest BCUT2D eigenvalue weighted by Gasteiger charge is -2.17. The zero-order valence-corrected chi connectivity index (χ0v) is 15.2. The van der Waals surface area contributed by atoms with E-state index in [4.69, 9.17) is 9.47 Å². The van der Waals surface area contributed by atoms with E-state index in [-0.39, 0.29) is 12.5 Å². The minimum absolute atomic E-state index is 0.0141. The molecule has 1 fully saturated rings. The third-order valence-electron chi connectivity index (χ3n) is 4.57. The number of hydrogen-bond donors (Lipinski definition) is 1. The minimum atomic E-state index is -0.116. The van der Waals surface area contributed by atoms with Gasteiger partial charge in [0.05, 0.1) is 7.11 Å². The first-order chi connectivity index (χ1) is 12.7. The Bertz CT molecular complexity index is 692. The summed E-state index contributed by atoms with van der Waals surface area (Å²) in [5.41, 5.74) is 2.52. The number of amides is 1. The van der Waals surface area contributed by atoms with Gasteiger partial charge in [0.2, 0.25) is 0 Å². The van der Waals surface area contributed by atoms with E-state index in [1.807, 2.05) is 0 Å². The maximum atomic E-state index is 11.9. The summed E-state index contributed by atoms with van der Waals surface area (Å²) < 4.78 is 10.6. The quantitative estimate of drug-likeness (QED) is 0.792. The fourth-order valence-electron chi connectivity index (χ4n) is 3.07. The van der Waals surface area contributed by atoms with E-state index in [2.05, 4.69) is 34.5 Å². The molecule has 3 rings (SSSR count). The van der Waals surface area contributed by atoms with Gasteiger partial charge in [0, 0.05) is 25.3 Å². The van der Waals surface area contributed by atoms with Crippen LogP contribution in [0.1, 0.15) is 18.4 Å². The van der Waals surface area contributed by atoms with Crippen molar-refractivity contribution in [3.8, 4) is 11.5 Å². The van der Waals surface area contributed by atoms with E-state index in [0.717, 1.165) is 25.3 Å². The van der Waals surface area contributed by atoms with Gasteiger partial charge in [-0.25, -0.2) is 0 Å². The maximum Gasteiger partial charge on any atom is 0.257 e. The van der Waals surface area contributed by atoms with E-state index in [0.29, 0.717) is 12.3 Å². The van der Waals surface area contributed by atoms with Gasteiger partial charge in [-0.15, -0.1) is 0 Å². The van der Waals surface area contributed by atoms with Crippen molar-refractivity contribution in [3.05, 3.63) is 54.1 Å². The van der Waals surface area contributed by atoms with Gasteiger partial charge in [0.1, 0.15) is 11.5 Å². The lowest BCUT2D eigenvalue weighted by atomic mass is 10.1. The van der Waals surface area contributed by atoms with Crippen LogP contribution in [-0.4, -0.2) is 39.3 Å². The van der Waals surface area contributed by atoms with Crippen LogP contribution in [0.15, 0.2) is 48.5 Å². The van der Waals surface area contributed by atoms with Gasteiger partial charge in [0.25, 0.3) is 5.91 Å². The summed E-state index contributed by atoms with van der Waals surface area (Å²) in [6.45, 7) is 2.93. The molecule has 0 unspecified atom stereocenters. The molecule has 1 amide bonds. The van der Waals surface area contributed by atoms with Crippen LogP contribution in [0.2, 0.25) is 0 Å². The molecule has 1 N–H and O–H groups in total. The van der Waals surface area contributed by atoms with Crippen molar-refractivity contribution in [2.45, 2.75) is 19.3 Å². The highest BCUT2D eigenvalue weighted by molar-refractivity contribution is 5.77. The number of nitrogens with zero attached hydrogens (tertiary/aromatic N) is 1. The summed E-state index contributed by atoms with van der Waals surface area (Å²) in [5, 5.41) is 2.89. The maximum absolute atomic E-state index is 11.9. The van der Waals surface area contributed by atoms with E-state index in [1.165, 1.54) is 24.1 Å². The van der Waals surface area contributed by atoms with Crippen molar-refractivity contribution >= 4 is 11.6 Å². The molecule has 26 heavy (non-hydrogen) atoms. The summed E-state index contributed by atoms with van der Waals surface area (Å²) in [4.78, 5) is 14.3. The number of nitrogens with one attached hydrogen (secondary N) is 1. The Labute approximate surface area is 154 Å². The van der Waals surface area contributed by atoms with E-state index < -0.39 is 0 Å². The van der Waals surface area contributed by atoms with Gasteiger partial charge in [0.15, 0.2) is 6.61 Å². The van der Waals surface area contributed by atoms with Crippen LogP contribution in [0, 0.1) is 0 Å². The van der Waals surface area contributed by atoms with Gasteiger partial charge < -0.3 is 19.7 Å². The van der Waals surface area contributed by atoms with Crippen molar-refractivity contribution in [3.63, 3.8) is 0 Å². The summed E-state index contributed by atoms with van der Waals surface area (Å²) in [6, 6.07) is 15.8. The fraction of sp³-hybridized carbons (Fsp3) is 0.381. The molecule has 1 aliphatic rings. The predicted octanol–water partition coefficient (Wildman–Crippen LogP) is 3.03. The number of carbonyl (C=O) groups is 1. The number of anilines is 1. The number of methoxy groups -OCH3 is 1. The molecule has 0 spiro atoms. The Balaban J connectivity index is 1.36. The highest BCUT2D eigenvalue weighted by Crippen LogP contribution is 2.20. The Morgan fingerprint density at radius 3 is 2.31 bits per heavy atom. The molecule has 1 heterocycles. The predicted molar refractivity (Wildman–Crippen MR) is 103 cm³/mol. The first kappa shape index (κ1) is 18.1. The number of benzene rings is 2. The summed E-state index contributed by atoms with van der Waals surface area (Å²) in [6.07, 6.45) is 3.38. The van der Waals surface area contributed by atoms with Crippen molar-refractivity contribution in [1.29, 1.82) is 0 Å². The number of carbonyl (C=O) groups excluding carboxylic acids is 1. The second-order valence-corrected chi connectivity index (χ2v) is 6.42. The largest absolute Gasteiger partial charge is 0.497 e. The number of hydrogen-bond acceptors (Lipinski definition) is 4. The molecule has 1 saturated heterocycles. The summed E-state index contributed by atoms with van der Waals surface area (Å²) >= 11 is 0. The van der Waals surface area contributed by atoms with E-state index in [9.17, 15) is 4.79 Å². The highest BCUT2D eigenvalue weighted by Gasteiger charge is 2.11. The van der Waals surface area contributed by atoms with E-state index >= 15 is 0 Å². The van der Waals surface area contributed by atoms with Gasteiger partial charge in [-0.2, -0.15) is 0 Å². The van der Waals surface area contributed by atoms with E-state index in [1.54, 1.807) is 31.4 Å². The van der Waals surface area contributed by atoms with Gasteiger partial charge in [-0.1, -0.05) is 12.1 Å². The molecule has 2 aromatic rings. The normalized spacial score (nSPS) is 13.5. The van der Waals surface area contributed by atoms with Gasteiger partial charge in [-0.3, -0.25) is 4.79 Å².